The van der Waals surface area contributed by atoms with Crippen molar-refractivity contribution in [1.29, 1.82) is 0 Å². The summed E-state index contributed by atoms with van der Waals surface area (Å²) in [5.74, 6) is 1.92. The molecule has 0 bridgehead atoms. The third kappa shape index (κ3) is 4.17. The largest absolute Gasteiger partial charge is 0.0625 e. The van der Waals surface area contributed by atoms with Gasteiger partial charge in [-0.1, -0.05) is 62.9 Å². The molecule has 2 aromatic carbocycles. The first-order valence-corrected chi connectivity index (χ1v) is 10.1. The first kappa shape index (κ1) is 18.2. The molecule has 0 unspecified atom stereocenters. The molecule has 0 atom stereocenters. The molecule has 3 rings (SSSR count). The van der Waals surface area contributed by atoms with E-state index >= 15 is 0 Å². The van der Waals surface area contributed by atoms with Gasteiger partial charge in [-0.25, -0.2) is 0 Å². The van der Waals surface area contributed by atoms with Crippen LogP contribution in [-0.4, -0.2) is 0 Å². The number of aryl methyl sites for hydroxylation is 2. The van der Waals surface area contributed by atoms with E-state index in [1.54, 1.807) is 0 Å². The molecule has 0 aliphatic heterocycles. The average Bonchev–Trinajstić information content (AvgIpc) is 2.63. The second-order valence-electron chi connectivity index (χ2n) is 8.48. The first-order valence-electron chi connectivity index (χ1n) is 10.1. The molecule has 0 heterocycles. The summed E-state index contributed by atoms with van der Waals surface area (Å²) in [6.07, 6.45) is 8.38. The van der Waals surface area contributed by atoms with E-state index < -0.39 is 0 Å². The predicted molar refractivity (Wildman–Crippen MR) is 112 cm³/mol. The minimum Gasteiger partial charge on any atom is -0.0625 e. The highest BCUT2D eigenvalue weighted by Crippen LogP contribution is 2.32. The van der Waals surface area contributed by atoms with Crippen LogP contribution in [-0.2, 0) is 6.42 Å². The van der Waals surface area contributed by atoms with E-state index in [-0.39, 0.29) is 1.43 Å². The van der Waals surface area contributed by atoms with Crippen molar-refractivity contribution in [3.8, 4) is 11.1 Å². The maximum atomic E-state index is 2.41. The molecule has 0 spiro atoms. The molecule has 0 N–H and O–H groups in total. The Bertz CT molecular complexity index is 719. The lowest BCUT2D eigenvalue weighted by atomic mass is 9.80. The Balaban J connectivity index is 0.00000243. The molecule has 0 nitrogen and oxygen atoms in total. The van der Waals surface area contributed by atoms with Gasteiger partial charge in [0, 0.05) is 1.43 Å². The quantitative estimate of drug-likeness (QED) is 0.539. The highest BCUT2D eigenvalue weighted by molar-refractivity contribution is 5.70. The van der Waals surface area contributed by atoms with Gasteiger partial charge in [0.05, 0.1) is 0 Å². The number of hydrogen-bond donors (Lipinski definition) is 0. The lowest BCUT2D eigenvalue weighted by molar-refractivity contribution is 0.278. The molecule has 25 heavy (non-hydrogen) atoms. The summed E-state index contributed by atoms with van der Waals surface area (Å²) in [6.45, 7) is 11.4. The van der Waals surface area contributed by atoms with E-state index in [1.807, 2.05) is 0 Å². The van der Waals surface area contributed by atoms with Crippen LogP contribution in [0.15, 0.2) is 30.3 Å². The lowest BCUT2D eigenvalue weighted by Crippen LogP contribution is -2.12. The molecule has 2 aromatic rings. The van der Waals surface area contributed by atoms with Crippen LogP contribution < -0.4 is 0 Å². The Hall–Kier alpha value is -1.56. The zero-order valence-corrected chi connectivity index (χ0v) is 16.8. The average molecular weight is 337 g/mol. The summed E-state index contributed by atoms with van der Waals surface area (Å²) >= 11 is 0. The number of rotatable bonds is 4. The highest BCUT2D eigenvalue weighted by Gasteiger charge is 2.17. The summed E-state index contributed by atoms with van der Waals surface area (Å²) in [4.78, 5) is 0. The maximum Gasteiger partial charge on any atom is 0 e. The molecule has 136 valence electrons. The minimum absolute atomic E-state index is 0. The molecule has 0 radical (unpaired) electrons. The molecule has 0 saturated heterocycles. The third-order valence-electron chi connectivity index (χ3n) is 6.72. The second-order valence-corrected chi connectivity index (χ2v) is 8.48. The van der Waals surface area contributed by atoms with Crippen molar-refractivity contribution in [2.45, 2.75) is 73.1 Å². The van der Waals surface area contributed by atoms with E-state index in [1.165, 1.54) is 77.5 Å². The minimum atomic E-state index is 0. The lowest BCUT2D eigenvalue weighted by Gasteiger charge is -2.26. The molecule has 0 amide bonds. The van der Waals surface area contributed by atoms with Gasteiger partial charge in [0.25, 0.3) is 0 Å². The van der Waals surface area contributed by atoms with Crippen molar-refractivity contribution < 1.29 is 1.43 Å². The molecule has 1 aliphatic rings. The van der Waals surface area contributed by atoms with Gasteiger partial charge in [-0.15, -0.1) is 0 Å². The van der Waals surface area contributed by atoms with Gasteiger partial charge < -0.3 is 0 Å². The van der Waals surface area contributed by atoms with E-state index in [0.29, 0.717) is 0 Å². The fourth-order valence-electron chi connectivity index (χ4n) is 4.35. The van der Waals surface area contributed by atoms with E-state index in [9.17, 15) is 0 Å². The summed E-state index contributed by atoms with van der Waals surface area (Å²) < 4.78 is 0. The molecule has 0 aromatic heterocycles. The fourth-order valence-corrected chi connectivity index (χ4v) is 4.35. The molecule has 1 saturated carbocycles. The van der Waals surface area contributed by atoms with Crippen LogP contribution in [0, 0.1) is 39.5 Å². The first-order chi connectivity index (χ1) is 12.0. The molecular formula is C25H36. The van der Waals surface area contributed by atoms with Gasteiger partial charge in [-0.3, -0.25) is 0 Å². The van der Waals surface area contributed by atoms with Crippen LogP contribution in [0.5, 0.6) is 0 Å². The van der Waals surface area contributed by atoms with Crippen molar-refractivity contribution in [1.82, 2.24) is 0 Å². The van der Waals surface area contributed by atoms with Crippen molar-refractivity contribution in [3.05, 3.63) is 58.1 Å². The van der Waals surface area contributed by atoms with E-state index in [0.717, 1.165) is 11.8 Å². The zero-order valence-electron chi connectivity index (χ0n) is 16.8. The second kappa shape index (κ2) is 7.77. The van der Waals surface area contributed by atoms with Gasteiger partial charge in [0.2, 0.25) is 0 Å². The van der Waals surface area contributed by atoms with Crippen molar-refractivity contribution in [3.63, 3.8) is 0 Å². The summed E-state index contributed by atoms with van der Waals surface area (Å²) in [5, 5.41) is 0. The number of hydrogen-bond acceptors (Lipinski definition) is 0. The van der Waals surface area contributed by atoms with Crippen molar-refractivity contribution >= 4 is 0 Å². The van der Waals surface area contributed by atoms with E-state index in [4.69, 9.17) is 0 Å². The highest BCUT2D eigenvalue weighted by atomic mass is 14.2. The standard InChI is InChI=1S/C25H34.H2/c1-17-6-8-22(9-7-17)10-11-23-12-14-24(15-13-23)25-16-18(2)19(3)20(4)21(25)5;/h12-17,22H,6-11H2,1-5H3;1H. The van der Waals surface area contributed by atoms with Crippen LogP contribution in [0.2, 0.25) is 0 Å². The van der Waals surface area contributed by atoms with Crippen LogP contribution in [0.25, 0.3) is 11.1 Å². The van der Waals surface area contributed by atoms with Gasteiger partial charge in [-0.2, -0.15) is 0 Å². The summed E-state index contributed by atoms with van der Waals surface area (Å²) in [5.41, 5.74) is 9.94. The Morgan fingerprint density at radius 2 is 1.48 bits per heavy atom. The van der Waals surface area contributed by atoms with Crippen LogP contribution in [0.3, 0.4) is 0 Å². The van der Waals surface area contributed by atoms with Gasteiger partial charge in [0.1, 0.15) is 0 Å². The maximum absolute atomic E-state index is 2.41. The Morgan fingerprint density at radius 1 is 0.840 bits per heavy atom. The molecular weight excluding hydrogens is 300 g/mol. The van der Waals surface area contributed by atoms with Crippen molar-refractivity contribution in [2.24, 2.45) is 11.8 Å². The number of benzene rings is 2. The molecule has 1 aliphatic carbocycles. The topological polar surface area (TPSA) is 0 Å². The van der Waals surface area contributed by atoms with Crippen LogP contribution in [0.1, 0.15) is 68.3 Å². The smallest absolute Gasteiger partial charge is 0 e. The van der Waals surface area contributed by atoms with Gasteiger partial charge in [0.15, 0.2) is 0 Å². The van der Waals surface area contributed by atoms with Crippen molar-refractivity contribution in [2.75, 3.05) is 0 Å². The fraction of sp³-hybridized carbons (Fsp3) is 0.520. The van der Waals surface area contributed by atoms with E-state index in [2.05, 4.69) is 65.0 Å². The molecule has 1 fully saturated rings. The normalized spacial score (nSPS) is 20.7. The molecule has 0 heteroatoms. The van der Waals surface area contributed by atoms with Crippen LogP contribution >= 0.6 is 0 Å². The summed E-state index contributed by atoms with van der Waals surface area (Å²) in [6, 6.07) is 11.7. The predicted octanol–water partition coefficient (Wildman–Crippen LogP) is 7.59. The van der Waals surface area contributed by atoms with Gasteiger partial charge in [-0.05, 0) is 91.3 Å². The zero-order chi connectivity index (χ0) is 18.0. The van der Waals surface area contributed by atoms with Crippen LogP contribution in [0.4, 0.5) is 0 Å². The SMILES string of the molecule is Cc1cc(-c2ccc(CCC3CCC(C)CC3)cc2)c(C)c(C)c1C.[HH]. The Labute approximate surface area is 156 Å². The Kier molecular flexibility index (Phi) is 5.67. The Morgan fingerprint density at radius 3 is 2.12 bits per heavy atom. The third-order valence-corrected chi connectivity index (χ3v) is 6.72. The summed E-state index contributed by atoms with van der Waals surface area (Å²) in [7, 11) is 0. The monoisotopic (exact) mass is 336 g/mol. The van der Waals surface area contributed by atoms with Gasteiger partial charge >= 0.3 is 0 Å².